The number of benzene rings is 1. The van der Waals surface area contributed by atoms with E-state index >= 15 is 0 Å². The molecule has 1 aromatic carbocycles. The molecule has 1 heterocycles. The first-order chi connectivity index (χ1) is 7.29. The van der Waals surface area contributed by atoms with Gasteiger partial charge in [0.1, 0.15) is 17.5 Å². The Morgan fingerprint density at radius 1 is 1.13 bits per heavy atom. The number of nitriles is 1. The molecule has 0 bridgehead atoms. The number of rotatable bonds is 1. The molecule has 72 valence electrons. The second kappa shape index (κ2) is 3.81. The molecule has 0 saturated heterocycles. The predicted molar refractivity (Wildman–Crippen MR) is 56.1 cm³/mol. The maximum absolute atomic E-state index is 9.31. The van der Waals surface area contributed by atoms with Crippen molar-refractivity contribution in [3.63, 3.8) is 0 Å². The second-order valence-electron chi connectivity index (χ2n) is 3.07. The highest BCUT2D eigenvalue weighted by Gasteiger charge is 2.00. The number of hydrogen-bond donors (Lipinski definition) is 1. The van der Waals surface area contributed by atoms with Gasteiger partial charge in [-0.25, -0.2) is 4.98 Å². The van der Waals surface area contributed by atoms with Crippen LogP contribution in [0.4, 0.5) is 0 Å². The van der Waals surface area contributed by atoms with E-state index in [-0.39, 0.29) is 5.75 Å². The van der Waals surface area contributed by atoms with Gasteiger partial charge < -0.3 is 5.11 Å². The van der Waals surface area contributed by atoms with Crippen LogP contribution < -0.4 is 0 Å². The van der Waals surface area contributed by atoms with Gasteiger partial charge in [0.25, 0.3) is 0 Å². The van der Waals surface area contributed by atoms with Crippen LogP contribution in [0.25, 0.3) is 11.3 Å². The number of phenolic OH excluding ortho intramolecular Hbond substituents is 1. The van der Waals surface area contributed by atoms with E-state index in [9.17, 15) is 5.11 Å². The lowest BCUT2D eigenvalue weighted by Crippen LogP contribution is -1.86. The van der Waals surface area contributed by atoms with Gasteiger partial charge in [0.05, 0.1) is 5.69 Å². The number of aromatic hydroxyl groups is 1. The molecule has 15 heavy (non-hydrogen) atoms. The van der Waals surface area contributed by atoms with Crippen molar-refractivity contribution < 1.29 is 5.11 Å². The number of phenols is 1. The van der Waals surface area contributed by atoms with Gasteiger partial charge in [0.15, 0.2) is 0 Å². The Labute approximate surface area is 87.3 Å². The summed E-state index contributed by atoms with van der Waals surface area (Å²) in [7, 11) is 0. The highest BCUT2D eigenvalue weighted by atomic mass is 16.3. The summed E-state index contributed by atoms with van der Waals surface area (Å²) in [5, 5.41) is 18.0. The Morgan fingerprint density at radius 2 is 1.93 bits per heavy atom. The van der Waals surface area contributed by atoms with E-state index in [1.165, 1.54) is 0 Å². The smallest absolute Gasteiger partial charge is 0.141 e. The molecule has 0 aliphatic heterocycles. The SMILES string of the molecule is N#Cc1cccc(-c2cccc(O)c2)n1. The third kappa shape index (κ3) is 1.94. The first-order valence-electron chi connectivity index (χ1n) is 4.46. The van der Waals surface area contributed by atoms with Gasteiger partial charge in [0, 0.05) is 5.56 Å². The second-order valence-corrected chi connectivity index (χ2v) is 3.07. The van der Waals surface area contributed by atoms with Crippen LogP contribution >= 0.6 is 0 Å². The van der Waals surface area contributed by atoms with Gasteiger partial charge in [-0.2, -0.15) is 5.26 Å². The zero-order valence-corrected chi connectivity index (χ0v) is 7.88. The van der Waals surface area contributed by atoms with Crippen LogP contribution in [-0.2, 0) is 0 Å². The summed E-state index contributed by atoms with van der Waals surface area (Å²) in [5.74, 6) is 0.191. The summed E-state index contributed by atoms with van der Waals surface area (Å²) in [6.45, 7) is 0. The molecule has 3 nitrogen and oxygen atoms in total. The average Bonchev–Trinajstić information content (AvgIpc) is 2.29. The monoisotopic (exact) mass is 196 g/mol. The Morgan fingerprint density at radius 3 is 2.67 bits per heavy atom. The summed E-state index contributed by atoms with van der Waals surface area (Å²) in [6, 6.07) is 14.0. The molecule has 1 aromatic heterocycles. The minimum absolute atomic E-state index is 0.191. The molecule has 0 radical (unpaired) electrons. The molecule has 0 aliphatic carbocycles. The fourth-order valence-corrected chi connectivity index (χ4v) is 1.32. The Kier molecular flexibility index (Phi) is 2.34. The van der Waals surface area contributed by atoms with E-state index in [4.69, 9.17) is 5.26 Å². The standard InChI is InChI=1S/C12H8N2O/c13-8-10-4-2-6-12(14-10)9-3-1-5-11(15)7-9/h1-7,15H. The van der Waals surface area contributed by atoms with Crippen LogP contribution in [-0.4, -0.2) is 10.1 Å². The summed E-state index contributed by atoms with van der Waals surface area (Å²) < 4.78 is 0. The first-order valence-corrected chi connectivity index (χ1v) is 4.46. The van der Waals surface area contributed by atoms with Crippen LogP contribution in [0.2, 0.25) is 0 Å². The normalized spacial score (nSPS) is 9.53. The zero-order valence-electron chi connectivity index (χ0n) is 7.88. The summed E-state index contributed by atoms with van der Waals surface area (Å²) in [5.41, 5.74) is 1.85. The summed E-state index contributed by atoms with van der Waals surface area (Å²) in [6.07, 6.45) is 0. The maximum atomic E-state index is 9.31. The molecular weight excluding hydrogens is 188 g/mol. The van der Waals surface area contributed by atoms with E-state index in [2.05, 4.69) is 4.98 Å². The molecule has 0 atom stereocenters. The molecule has 0 amide bonds. The van der Waals surface area contributed by atoms with Crippen LogP contribution in [0.3, 0.4) is 0 Å². The fraction of sp³-hybridized carbons (Fsp3) is 0. The van der Waals surface area contributed by atoms with Crippen LogP contribution in [0.1, 0.15) is 5.69 Å². The van der Waals surface area contributed by atoms with E-state index in [1.807, 2.05) is 12.1 Å². The molecule has 0 fully saturated rings. The quantitative estimate of drug-likeness (QED) is 0.761. The van der Waals surface area contributed by atoms with Crippen molar-refractivity contribution in [2.24, 2.45) is 0 Å². The van der Waals surface area contributed by atoms with Crippen molar-refractivity contribution in [2.75, 3.05) is 0 Å². The van der Waals surface area contributed by atoms with Crippen molar-refractivity contribution in [1.82, 2.24) is 4.98 Å². The van der Waals surface area contributed by atoms with Gasteiger partial charge in [-0.1, -0.05) is 18.2 Å². The summed E-state index contributed by atoms with van der Waals surface area (Å²) in [4.78, 5) is 4.13. The molecule has 2 aromatic rings. The van der Waals surface area contributed by atoms with Crippen LogP contribution in [0.5, 0.6) is 5.75 Å². The van der Waals surface area contributed by atoms with E-state index in [0.29, 0.717) is 11.4 Å². The third-order valence-electron chi connectivity index (χ3n) is 2.01. The van der Waals surface area contributed by atoms with E-state index in [0.717, 1.165) is 5.56 Å². The molecule has 0 spiro atoms. The van der Waals surface area contributed by atoms with Gasteiger partial charge in [-0.15, -0.1) is 0 Å². The first kappa shape index (κ1) is 9.22. The van der Waals surface area contributed by atoms with Gasteiger partial charge in [-0.3, -0.25) is 0 Å². The lowest BCUT2D eigenvalue weighted by molar-refractivity contribution is 0.475. The van der Waals surface area contributed by atoms with Crippen LogP contribution in [0, 0.1) is 11.3 Å². The minimum atomic E-state index is 0.191. The van der Waals surface area contributed by atoms with E-state index in [1.54, 1.807) is 36.4 Å². The average molecular weight is 196 g/mol. The topological polar surface area (TPSA) is 56.9 Å². The molecular formula is C12H8N2O. The Hall–Kier alpha value is -2.34. The molecule has 0 unspecified atom stereocenters. The largest absolute Gasteiger partial charge is 0.508 e. The minimum Gasteiger partial charge on any atom is -0.508 e. The van der Waals surface area contributed by atoms with Crippen molar-refractivity contribution in [2.45, 2.75) is 0 Å². The molecule has 3 heteroatoms. The van der Waals surface area contributed by atoms with Crippen molar-refractivity contribution in [1.29, 1.82) is 5.26 Å². The molecule has 0 saturated carbocycles. The van der Waals surface area contributed by atoms with E-state index < -0.39 is 0 Å². The molecule has 0 aliphatic rings. The lowest BCUT2D eigenvalue weighted by atomic mass is 10.1. The highest BCUT2D eigenvalue weighted by molar-refractivity contribution is 5.61. The fourth-order valence-electron chi connectivity index (χ4n) is 1.32. The Bertz CT molecular complexity index is 529. The molecule has 2 rings (SSSR count). The van der Waals surface area contributed by atoms with Crippen molar-refractivity contribution in [3.8, 4) is 23.1 Å². The van der Waals surface area contributed by atoms with Gasteiger partial charge in [0.2, 0.25) is 0 Å². The van der Waals surface area contributed by atoms with Crippen molar-refractivity contribution >= 4 is 0 Å². The van der Waals surface area contributed by atoms with Gasteiger partial charge in [-0.05, 0) is 24.3 Å². The highest BCUT2D eigenvalue weighted by Crippen LogP contribution is 2.21. The Balaban J connectivity index is 2.50. The number of aromatic nitrogens is 1. The maximum Gasteiger partial charge on any atom is 0.141 e. The predicted octanol–water partition coefficient (Wildman–Crippen LogP) is 2.33. The number of nitrogens with zero attached hydrogens (tertiary/aromatic N) is 2. The molecule has 1 N–H and O–H groups in total. The lowest BCUT2D eigenvalue weighted by Gasteiger charge is -2.01. The zero-order chi connectivity index (χ0) is 10.7. The number of pyridine rings is 1. The van der Waals surface area contributed by atoms with Crippen molar-refractivity contribution in [3.05, 3.63) is 48.2 Å². The number of hydrogen-bond acceptors (Lipinski definition) is 3. The van der Waals surface area contributed by atoms with Gasteiger partial charge >= 0.3 is 0 Å². The third-order valence-corrected chi connectivity index (χ3v) is 2.01. The van der Waals surface area contributed by atoms with Crippen LogP contribution in [0.15, 0.2) is 42.5 Å². The summed E-state index contributed by atoms with van der Waals surface area (Å²) >= 11 is 0.